The summed E-state index contributed by atoms with van der Waals surface area (Å²) in [7, 11) is 4.91. The first kappa shape index (κ1) is 19.6. The molecule has 2 N–H and O–H groups in total. The van der Waals surface area contributed by atoms with Crippen molar-refractivity contribution in [3.63, 3.8) is 0 Å². The van der Waals surface area contributed by atoms with Crippen molar-refractivity contribution < 1.29 is 18.7 Å². The van der Waals surface area contributed by atoms with Crippen molar-refractivity contribution in [2.75, 3.05) is 19.9 Å². The highest BCUT2D eigenvalue weighted by Crippen LogP contribution is 2.36. The van der Waals surface area contributed by atoms with E-state index in [0.29, 0.717) is 34.0 Å². The fraction of sp³-hybridized carbons (Fsp3) is 0.300. The summed E-state index contributed by atoms with van der Waals surface area (Å²) >= 11 is 0. The number of anilines is 1. The molecule has 3 aromatic rings. The topological polar surface area (TPSA) is 108 Å². The van der Waals surface area contributed by atoms with Crippen molar-refractivity contribution in [1.82, 2.24) is 24.6 Å². The van der Waals surface area contributed by atoms with Crippen molar-refractivity contribution in [2.24, 2.45) is 7.05 Å². The minimum absolute atomic E-state index is 0.0773. The minimum atomic E-state index is -0.699. The molecule has 1 aliphatic heterocycles. The highest BCUT2D eigenvalue weighted by molar-refractivity contribution is 5.95. The van der Waals surface area contributed by atoms with E-state index in [1.165, 1.54) is 36.4 Å². The number of amides is 1. The smallest absolute Gasteiger partial charge is 0.258 e. The summed E-state index contributed by atoms with van der Waals surface area (Å²) in [6.07, 6.45) is 0.798. The minimum Gasteiger partial charge on any atom is -0.479 e. The lowest BCUT2D eigenvalue weighted by atomic mass is 10.0. The van der Waals surface area contributed by atoms with E-state index in [1.54, 1.807) is 25.7 Å². The van der Waals surface area contributed by atoms with Gasteiger partial charge in [0.1, 0.15) is 17.6 Å². The number of hydrogen-bond donors (Lipinski definition) is 1. The van der Waals surface area contributed by atoms with Gasteiger partial charge in [0.25, 0.3) is 11.8 Å². The van der Waals surface area contributed by atoms with Crippen LogP contribution in [0.1, 0.15) is 34.6 Å². The Morgan fingerprint density at radius 2 is 2.10 bits per heavy atom. The van der Waals surface area contributed by atoms with Gasteiger partial charge in [0.05, 0.1) is 31.1 Å². The quantitative estimate of drug-likeness (QED) is 0.653. The lowest BCUT2D eigenvalue weighted by Gasteiger charge is -2.23. The van der Waals surface area contributed by atoms with E-state index in [0.717, 1.165) is 0 Å². The van der Waals surface area contributed by atoms with Crippen LogP contribution in [-0.2, 0) is 13.6 Å². The van der Waals surface area contributed by atoms with Gasteiger partial charge in [-0.15, -0.1) is 5.10 Å². The molecule has 0 saturated heterocycles. The van der Waals surface area contributed by atoms with E-state index in [9.17, 15) is 9.18 Å². The molecule has 4 rings (SSSR count). The number of aryl methyl sites for hydroxylation is 1. The number of benzene rings is 1. The van der Waals surface area contributed by atoms with Gasteiger partial charge in [0.2, 0.25) is 5.88 Å². The first-order valence-electron chi connectivity index (χ1n) is 9.24. The third kappa shape index (κ3) is 3.19. The number of halogens is 1. The highest BCUT2D eigenvalue weighted by Gasteiger charge is 2.28. The molecule has 3 heterocycles. The molecule has 30 heavy (non-hydrogen) atoms. The molecule has 1 atom stereocenters. The van der Waals surface area contributed by atoms with Crippen LogP contribution in [0.3, 0.4) is 0 Å². The molecule has 0 saturated carbocycles. The monoisotopic (exact) mass is 412 g/mol. The standard InChI is InChI=1S/C20H21FN6O3/c1-10-13-7-11(21)5-6-12(13)20(28)26(2)9-15-16(18(29-4)25-27(15)3)14-8-23-17(22)19(24-14)30-10/h5-8,10H,9H2,1-4H3,(H2,22,23)/t10-/m1/s1. The normalized spacial score (nSPS) is 16.1. The highest BCUT2D eigenvalue weighted by atomic mass is 19.1. The van der Waals surface area contributed by atoms with E-state index in [-0.39, 0.29) is 24.1 Å². The summed E-state index contributed by atoms with van der Waals surface area (Å²) in [4.78, 5) is 23.5. The van der Waals surface area contributed by atoms with Gasteiger partial charge in [-0.25, -0.2) is 14.4 Å². The maximum atomic E-state index is 14.0. The Morgan fingerprint density at radius 3 is 2.83 bits per heavy atom. The van der Waals surface area contributed by atoms with Crippen molar-refractivity contribution >= 4 is 11.7 Å². The fourth-order valence-electron chi connectivity index (χ4n) is 3.50. The predicted molar refractivity (Wildman–Crippen MR) is 106 cm³/mol. The predicted octanol–water partition coefficient (Wildman–Crippen LogP) is 2.33. The first-order valence-corrected chi connectivity index (χ1v) is 9.24. The molecule has 1 aliphatic rings. The molecule has 0 aliphatic carbocycles. The zero-order valence-corrected chi connectivity index (χ0v) is 17.0. The Labute approximate surface area is 172 Å². The average molecular weight is 412 g/mol. The number of rotatable bonds is 1. The van der Waals surface area contributed by atoms with E-state index in [1.807, 2.05) is 0 Å². The molecule has 1 amide bonds. The fourth-order valence-corrected chi connectivity index (χ4v) is 3.50. The van der Waals surface area contributed by atoms with Crippen molar-refractivity contribution in [3.05, 3.63) is 47.0 Å². The van der Waals surface area contributed by atoms with Crippen LogP contribution in [0, 0.1) is 5.82 Å². The van der Waals surface area contributed by atoms with E-state index in [2.05, 4.69) is 15.1 Å². The summed E-state index contributed by atoms with van der Waals surface area (Å²) in [5.74, 6) is -0.263. The van der Waals surface area contributed by atoms with Crippen LogP contribution in [0.4, 0.5) is 10.2 Å². The summed E-state index contributed by atoms with van der Waals surface area (Å²) < 4.78 is 26.9. The van der Waals surface area contributed by atoms with Gasteiger partial charge in [0, 0.05) is 25.2 Å². The number of carbonyl (C=O) groups is 1. The van der Waals surface area contributed by atoms with Crippen LogP contribution in [-0.4, -0.2) is 44.7 Å². The summed E-state index contributed by atoms with van der Waals surface area (Å²) in [5, 5.41) is 4.38. The van der Waals surface area contributed by atoms with Crippen LogP contribution in [0.5, 0.6) is 11.8 Å². The molecule has 0 fully saturated rings. The first-order chi connectivity index (χ1) is 14.3. The van der Waals surface area contributed by atoms with Gasteiger partial charge in [-0.2, -0.15) is 0 Å². The van der Waals surface area contributed by atoms with Crippen LogP contribution in [0.2, 0.25) is 0 Å². The Balaban J connectivity index is 1.97. The second-order valence-corrected chi connectivity index (χ2v) is 7.05. The number of hydrogen-bond acceptors (Lipinski definition) is 7. The zero-order chi connectivity index (χ0) is 21.6. The molecule has 9 nitrogen and oxygen atoms in total. The second kappa shape index (κ2) is 7.29. The number of ether oxygens (including phenoxy) is 2. The number of fused-ring (bicyclic) bond motifs is 5. The van der Waals surface area contributed by atoms with Crippen LogP contribution in [0.15, 0.2) is 24.4 Å². The summed E-state index contributed by atoms with van der Waals surface area (Å²) in [6, 6.07) is 3.98. The maximum absolute atomic E-state index is 14.0. The van der Waals surface area contributed by atoms with Gasteiger partial charge in [-0.1, -0.05) is 0 Å². The van der Waals surface area contributed by atoms with E-state index in [4.69, 9.17) is 15.2 Å². The van der Waals surface area contributed by atoms with Gasteiger partial charge in [-0.3, -0.25) is 9.48 Å². The van der Waals surface area contributed by atoms with E-state index >= 15 is 0 Å². The number of carbonyl (C=O) groups excluding carboxylic acids is 1. The van der Waals surface area contributed by atoms with Gasteiger partial charge in [-0.05, 0) is 25.1 Å². The van der Waals surface area contributed by atoms with E-state index < -0.39 is 11.9 Å². The van der Waals surface area contributed by atoms with Gasteiger partial charge in [0.15, 0.2) is 5.82 Å². The number of methoxy groups -OCH3 is 1. The SMILES string of the molecule is COc1nn(C)c2c1-c1cnc(N)c(n1)O[C@H](C)c1cc(F)ccc1C(=O)N(C)C2. The third-order valence-corrected chi connectivity index (χ3v) is 5.05. The Hall–Kier alpha value is -3.69. The molecular weight excluding hydrogens is 391 g/mol. The van der Waals surface area contributed by atoms with Crippen LogP contribution >= 0.6 is 0 Å². The zero-order valence-electron chi connectivity index (χ0n) is 17.0. The van der Waals surface area contributed by atoms with Gasteiger partial charge >= 0.3 is 0 Å². The van der Waals surface area contributed by atoms with Crippen molar-refractivity contribution in [1.29, 1.82) is 0 Å². The summed E-state index contributed by atoms with van der Waals surface area (Å²) in [6.45, 7) is 1.91. The Bertz CT molecular complexity index is 1150. The lowest BCUT2D eigenvalue weighted by Crippen LogP contribution is -2.29. The number of aromatic nitrogens is 4. The number of nitrogens with two attached hydrogens (primary N) is 1. The second-order valence-electron chi connectivity index (χ2n) is 7.05. The molecule has 2 bridgehead atoms. The van der Waals surface area contributed by atoms with Crippen molar-refractivity contribution in [3.8, 4) is 23.0 Å². The lowest BCUT2D eigenvalue weighted by molar-refractivity contribution is 0.0776. The average Bonchev–Trinajstić information content (AvgIpc) is 3.03. The molecule has 0 radical (unpaired) electrons. The largest absolute Gasteiger partial charge is 0.479 e. The van der Waals surface area contributed by atoms with Crippen molar-refractivity contribution in [2.45, 2.75) is 19.6 Å². The number of nitrogen functional groups attached to an aromatic ring is 1. The Kier molecular flexibility index (Phi) is 4.76. The molecule has 0 unspecified atom stereocenters. The van der Waals surface area contributed by atoms with Crippen LogP contribution < -0.4 is 15.2 Å². The van der Waals surface area contributed by atoms with Gasteiger partial charge < -0.3 is 20.1 Å². The number of nitrogens with zero attached hydrogens (tertiary/aromatic N) is 5. The molecular formula is C20H21FN6O3. The molecule has 1 aromatic carbocycles. The summed E-state index contributed by atoms with van der Waals surface area (Å²) in [5.41, 5.74) is 8.40. The maximum Gasteiger partial charge on any atom is 0.258 e. The third-order valence-electron chi connectivity index (χ3n) is 5.05. The van der Waals surface area contributed by atoms with Crippen LogP contribution in [0.25, 0.3) is 11.3 Å². The molecule has 0 spiro atoms. The molecule has 10 heteroatoms. The Morgan fingerprint density at radius 1 is 1.33 bits per heavy atom. The molecule has 156 valence electrons. The molecule has 2 aromatic heterocycles.